The third-order valence-electron chi connectivity index (χ3n) is 2.71. The Kier molecular flexibility index (Phi) is 4.75. The minimum absolute atomic E-state index is 0.0152. The van der Waals surface area contributed by atoms with Crippen molar-refractivity contribution in [3.05, 3.63) is 52.2 Å². The van der Waals surface area contributed by atoms with Crippen LogP contribution in [0.1, 0.15) is 30.5 Å². The van der Waals surface area contributed by atoms with Crippen molar-refractivity contribution in [1.82, 2.24) is 5.43 Å². The van der Waals surface area contributed by atoms with E-state index in [1.807, 2.05) is 18.2 Å². The molecule has 0 saturated heterocycles. The van der Waals surface area contributed by atoms with Crippen LogP contribution in [0.3, 0.4) is 0 Å². The van der Waals surface area contributed by atoms with Crippen molar-refractivity contribution in [2.45, 2.75) is 19.4 Å². The van der Waals surface area contributed by atoms with Crippen LogP contribution in [0.2, 0.25) is 0 Å². The smallest absolute Gasteiger partial charge is 0.119 e. The Morgan fingerprint density at radius 2 is 2.22 bits per heavy atom. The maximum atomic E-state index is 5.66. The number of benzene rings is 1. The average Bonchev–Trinajstić information content (AvgIpc) is 2.92. The van der Waals surface area contributed by atoms with E-state index in [4.69, 9.17) is 10.6 Å². The van der Waals surface area contributed by atoms with Crippen LogP contribution in [0, 0.1) is 0 Å². The summed E-state index contributed by atoms with van der Waals surface area (Å²) in [6, 6.07) is 10.2. The van der Waals surface area contributed by atoms with E-state index < -0.39 is 0 Å². The molecule has 1 heterocycles. The standard InChI is InChI=1S/C14H18N2OS/c1-2-7-17-13-5-3-4-11(9-13)14(16-15)12-6-8-18-10-12/h3-6,8-10,14,16H,2,7,15H2,1H3. The normalized spacial score (nSPS) is 12.3. The molecule has 2 rings (SSSR count). The molecule has 1 atom stereocenters. The van der Waals surface area contributed by atoms with Crippen LogP contribution in [-0.4, -0.2) is 6.61 Å². The molecule has 0 amide bonds. The molecule has 4 heteroatoms. The molecule has 0 bridgehead atoms. The molecule has 0 aliphatic carbocycles. The molecule has 0 radical (unpaired) electrons. The molecule has 0 aliphatic rings. The van der Waals surface area contributed by atoms with Gasteiger partial charge in [-0.25, -0.2) is 5.43 Å². The second-order valence-corrected chi connectivity index (χ2v) is 4.86. The maximum Gasteiger partial charge on any atom is 0.119 e. The molecule has 1 unspecified atom stereocenters. The quantitative estimate of drug-likeness (QED) is 0.621. The number of hydrazine groups is 1. The Morgan fingerprint density at radius 3 is 2.89 bits per heavy atom. The van der Waals surface area contributed by atoms with Gasteiger partial charge in [0.2, 0.25) is 0 Å². The highest BCUT2D eigenvalue weighted by atomic mass is 32.1. The molecule has 2 aromatic rings. The van der Waals surface area contributed by atoms with Gasteiger partial charge in [-0.05, 0) is 46.5 Å². The number of hydrogen-bond acceptors (Lipinski definition) is 4. The van der Waals surface area contributed by atoms with Gasteiger partial charge in [0.25, 0.3) is 0 Å². The van der Waals surface area contributed by atoms with Gasteiger partial charge in [-0.1, -0.05) is 19.1 Å². The molecule has 0 fully saturated rings. The van der Waals surface area contributed by atoms with Crippen molar-refractivity contribution in [2.75, 3.05) is 6.61 Å². The fraction of sp³-hybridized carbons (Fsp3) is 0.286. The summed E-state index contributed by atoms with van der Waals surface area (Å²) in [5.74, 6) is 6.55. The van der Waals surface area contributed by atoms with Crippen molar-refractivity contribution in [3.8, 4) is 5.75 Å². The van der Waals surface area contributed by atoms with Gasteiger partial charge in [-0.2, -0.15) is 11.3 Å². The third kappa shape index (κ3) is 3.10. The van der Waals surface area contributed by atoms with Gasteiger partial charge in [-0.15, -0.1) is 0 Å². The minimum Gasteiger partial charge on any atom is -0.494 e. The van der Waals surface area contributed by atoms with Crippen LogP contribution in [-0.2, 0) is 0 Å². The molecule has 3 nitrogen and oxygen atoms in total. The van der Waals surface area contributed by atoms with Gasteiger partial charge in [0.15, 0.2) is 0 Å². The molecule has 96 valence electrons. The van der Waals surface area contributed by atoms with Crippen LogP contribution in [0.4, 0.5) is 0 Å². The summed E-state index contributed by atoms with van der Waals surface area (Å²) >= 11 is 1.67. The molecule has 18 heavy (non-hydrogen) atoms. The fourth-order valence-corrected chi connectivity index (χ4v) is 2.51. The summed E-state index contributed by atoms with van der Waals surface area (Å²) in [7, 11) is 0. The summed E-state index contributed by atoms with van der Waals surface area (Å²) in [6.07, 6.45) is 1.01. The first-order chi connectivity index (χ1) is 8.85. The SMILES string of the molecule is CCCOc1cccc(C(NN)c2ccsc2)c1. The van der Waals surface area contributed by atoms with Crippen molar-refractivity contribution < 1.29 is 4.74 Å². The van der Waals surface area contributed by atoms with Crippen molar-refractivity contribution >= 4 is 11.3 Å². The number of hydrogen-bond donors (Lipinski definition) is 2. The predicted octanol–water partition coefficient (Wildman–Crippen LogP) is 3.09. The van der Waals surface area contributed by atoms with E-state index in [1.165, 1.54) is 5.56 Å². The van der Waals surface area contributed by atoms with E-state index in [0.717, 1.165) is 24.3 Å². The first kappa shape index (κ1) is 13.1. The predicted molar refractivity (Wildman–Crippen MR) is 75.7 cm³/mol. The molecule has 3 N–H and O–H groups in total. The zero-order valence-corrected chi connectivity index (χ0v) is 11.2. The van der Waals surface area contributed by atoms with Crippen LogP contribution in [0.25, 0.3) is 0 Å². The molecule has 0 aliphatic heterocycles. The topological polar surface area (TPSA) is 47.3 Å². The first-order valence-electron chi connectivity index (χ1n) is 6.06. The highest BCUT2D eigenvalue weighted by Crippen LogP contribution is 2.26. The highest BCUT2D eigenvalue weighted by molar-refractivity contribution is 7.08. The highest BCUT2D eigenvalue weighted by Gasteiger charge is 2.13. The van der Waals surface area contributed by atoms with Gasteiger partial charge in [0.05, 0.1) is 12.6 Å². The number of ether oxygens (including phenoxy) is 1. The van der Waals surface area contributed by atoms with Crippen LogP contribution < -0.4 is 16.0 Å². The van der Waals surface area contributed by atoms with E-state index in [0.29, 0.717) is 0 Å². The van der Waals surface area contributed by atoms with E-state index >= 15 is 0 Å². The summed E-state index contributed by atoms with van der Waals surface area (Å²) < 4.78 is 5.64. The Bertz CT molecular complexity index is 470. The zero-order valence-electron chi connectivity index (χ0n) is 10.4. The Balaban J connectivity index is 2.20. The zero-order chi connectivity index (χ0) is 12.8. The average molecular weight is 262 g/mol. The molecule has 0 spiro atoms. The van der Waals surface area contributed by atoms with E-state index in [1.54, 1.807) is 11.3 Å². The number of rotatable bonds is 6. The lowest BCUT2D eigenvalue weighted by molar-refractivity contribution is 0.317. The molecule has 0 saturated carbocycles. The van der Waals surface area contributed by atoms with Gasteiger partial charge in [0.1, 0.15) is 5.75 Å². The summed E-state index contributed by atoms with van der Waals surface area (Å²) in [4.78, 5) is 0. The molecular weight excluding hydrogens is 244 g/mol. The monoisotopic (exact) mass is 262 g/mol. The van der Waals surface area contributed by atoms with Crippen molar-refractivity contribution in [2.24, 2.45) is 5.84 Å². The summed E-state index contributed by atoms with van der Waals surface area (Å²) in [6.45, 7) is 2.84. The Hall–Kier alpha value is -1.36. The number of nitrogens with two attached hydrogens (primary N) is 1. The lowest BCUT2D eigenvalue weighted by atomic mass is 10.0. The lowest BCUT2D eigenvalue weighted by Gasteiger charge is -2.16. The minimum atomic E-state index is 0.0152. The van der Waals surface area contributed by atoms with E-state index in [9.17, 15) is 0 Å². The van der Waals surface area contributed by atoms with Crippen LogP contribution in [0.15, 0.2) is 41.1 Å². The lowest BCUT2D eigenvalue weighted by Crippen LogP contribution is -2.28. The summed E-state index contributed by atoms with van der Waals surface area (Å²) in [5.41, 5.74) is 5.15. The Labute approximate surface area is 112 Å². The Morgan fingerprint density at radius 1 is 1.33 bits per heavy atom. The van der Waals surface area contributed by atoms with Gasteiger partial charge < -0.3 is 4.74 Å². The van der Waals surface area contributed by atoms with E-state index in [-0.39, 0.29) is 6.04 Å². The van der Waals surface area contributed by atoms with E-state index in [2.05, 4.69) is 35.2 Å². The maximum absolute atomic E-state index is 5.66. The fourth-order valence-electron chi connectivity index (χ4n) is 1.83. The second-order valence-electron chi connectivity index (χ2n) is 4.08. The van der Waals surface area contributed by atoms with Gasteiger partial charge >= 0.3 is 0 Å². The molecule has 1 aromatic heterocycles. The largest absolute Gasteiger partial charge is 0.494 e. The first-order valence-corrected chi connectivity index (χ1v) is 7.00. The van der Waals surface area contributed by atoms with Crippen LogP contribution >= 0.6 is 11.3 Å². The van der Waals surface area contributed by atoms with Crippen LogP contribution in [0.5, 0.6) is 5.75 Å². The van der Waals surface area contributed by atoms with Crippen molar-refractivity contribution in [3.63, 3.8) is 0 Å². The number of nitrogens with one attached hydrogen (secondary N) is 1. The number of thiophene rings is 1. The summed E-state index contributed by atoms with van der Waals surface area (Å²) in [5, 5.41) is 4.15. The molecular formula is C14H18N2OS. The molecule has 1 aromatic carbocycles. The third-order valence-corrected chi connectivity index (χ3v) is 3.41. The van der Waals surface area contributed by atoms with Gasteiger partial charge in [0, 0.05) is 0 Å². The van der Waals surface area contributed by atoms with Crippen molar-refractivity contribution in [1.29, 1.82) is 0 Å². The van der Waals surface area contributed by atoms with Gasteiger partial charge in [-0.3, -0.25) is 5.84 Å². The second kappa shape index (κ2) is 6.54.